The summed E-state index contributed by atoms with van der Waals surface area (Å²) >= 11 is 1.92. The number of aliphatic imine (C=N–C) groups is 2. The molecule has 0 aliphatic carbocycles. The lowest BCUT2D eigenvalue weighted by atomic mass is 9.97. The van der Waals surface area contributed by atoms with Crippen LogP contribution in [0.1, 0.15) is 49.8 Å². The highest BCUT2D eigenvalue weighted by molar-refractivity contribution is 7.26. The Kier molecular flexibility index (Phi) is 9.62. The molecule has 0 aliphatic rings. The molecule has 0 radical (unpaired) electrons. The molecule has 0 aliphatic heterocycles. The molecule has 6 rings (SSSR count). The Morgan fingerprint density at radius 1 is 0.689 bits per heavy atom. The smallest absolute Gasteiger partial charge is 0.134 e. The van der Waals surface area contributed by atoms with Gasteiger partial charge in [-0.25, -0.2) is 0 Å². The normalized spacial score (nSPS) is 13.4. The number of hydrogen-bond donors (Lipinski definition) is 1. The second-order valence-corrected chi connectivity index (χ2v) is 12.1. The molecule has 0 bridgehead atoms. The molecule has 6 aromatic rings. The van der Waals surface area contributed by atoms with E-state index in [0.29, 0.717) is 0 Å². The van der Waals surface area contributed by atoms with Gasteiger partial charge in [0, 0.05) is 38.3 Å². The summed E-state index contributed by atoms with van der Waals surface area (Å²) in [5.74, 6) is 1.66. The summed E-state index contributed by atoms with van der Waals surface area (Å²) in [6, 6.07) is 44.9. The van der Waals surface area contributed by atoms with Crippen LogP contribution in [0.4, 0.5) is 0 Å². The van der Waals surface area contributed by atoms with Crippen LogP contribution in [0.5, 0.6) is 0 Å². The fraction of sp³-hybridized carbons (Fsp3) is 0.171. The number of rotatable bonds is 9. The molecule has 1 unspecified atom stereocenters. The van der Waals surface area contributed by atoms with Crippen LogP contribution < -0.4 is 5.32 Å². The second kappa shape index (κ2) is 14.3. The molecule has 5 aromatic carbocycles. The number of nitrogens with one attached hydrogen (secondary N) is 1. The van der Waals surface area contributed by atoms with E-state index in [1.54, 1.807) is 0 Å². The van der Waals surface area contributed by atoms with Gasteiger partial charge in [0.25, 0.3) is 0 Å². The number of hydrogen-bond acceptors (Lipinski definition) is 3. The van der Waals surface area contributed by atoms with E-state index in [1.807, 2.05) is 42.6 Å². The monoisotopic (exact) mass is 605 g/mol. The average molecular weight is 606 g/mol. The summed E-state index contributed by atoms with van der Waals surface area (Å²) < 4.78 is 2.71. The van der Waals surface area contributed by atoms with Gasteiger partial charge < -0.3 is 5.32 Å². The van der Waals surface area contributed by atoms with Gasteiger partial charge in [0.15, 0.2) is 0 Å². The van der Waals surface area contributed by atoms with Crippen molar-refractivity contribution in [2.24, 2.45) is 9.98 Å². The van der Waals surface area contributed by atoms with Crippen molar-refractivity contribution in [1.29, 1.82) is 0 Å². The molecule has 0 saturated carbocycles. The fourth-order valence-corrected chi connectivity index (χ4v) is 7.26. The Balaban J connectivity index is 1.35. The molecule has 0 amide bonds. The van der Waals surface area contributed by atoms with Gasteiger partial charge in [-0.1, -0.05) is 147 Å². The number of benzene rings is 5. The number of fused-ring (bicyclic) bond motifs is 3. The predicted octanol–water partition coefficient (Wildman–Crippen LogP) is 10.8. The minimum atomic E-state index is 0.120. The molecule has 1 aromatic heterocycles. The third kappa shape index (κ3) is 6.67. The van der Waals surface area contributed by atoms with E-state index in [2.05, 4.69) is 133 Å². The first-order valence-electron chi connectivity index (χ1n) is 15.8. The molecular weight excluding hydrogens is 567 g/mol. The van der Waals surface area contributed by atoms with E-state index < -0.39 is 0 Å². The van der Waals surface area contributed by atoms with Crippen LogP contribution in [-0.2, 0) is 0 Å². The summed E-state index contributed by atoms with van der Waals surface area (Å²) in [4.78, 5) is 9.87. The van der Waals surface area contributed by atoms with Gasteiger partial charge >= 0.3 is 0 Å². The van der Waals surface area contributed by atoms with Gasteiger partial charge in [-0.2, -0.15) is 0 Å². The van der Waals surface area contributed by atoms with Crippen molar-refractivity contribution >= 4 is 48.8 Å². The minimum absolute atomic E-state index is 0.120. The Hall–Kier alpha value is -4.80. The molecule has 0 saturated heterocycles. The molecule has 1 heterocycles. The Labute approximate surface area is 270 Å². The van der Waals surface area contributed by atoms with E-state index in [-0.39, 0.29) is 6.04 Å². The van der Waals surface area contributed by atoms with Crippen molar-refractivity contribution in [3.05, 3.63) is 150 Å². The quantitative estimate of drug-likeness (QED) is 0.129. The third-order valence-electron chi connectivity index (χ3n) is 8.31. The van der Waals surface area contributed by atoms with Gasteiger partial charge in [0.2, 0.25) is 0 Å². The number of allylic oxidation sites excluding steroid dienone is 1. The zero-order valence-corrected chi connectivity index (χ0v) is 27.0. The van der Waals surface area contributed by atoms with Crippen LogP contribution in [0, 0.1) is 0 Å². The summed E-state index contributed by atoms with van der Waals surface area (Å²) in [6.07, 6.45) is 5.17. The fourth-order valence-electron chi connectivity index (χ4n) is 5.87. The summed E-state index contributed by atoms with van der Waals surface area (Å²) in [6.45, 7) is 4.48. The highest BCUT2D eigenvalue weighted by atomic mass is 32.1. The van der Waals surface area contributed by atoms with Crippen LogP contribution in [0.25, 0.3) is 36.9 Å². The number of nitrogens with zero attached hydrogens (tertiary/aromatic N) is 2. The zero-order valence-electron chi connectivity index (χ0n) is 26.2. The lowest BCUT2D eigenvalue weighted by molar-refractivity contribution is 0.660. The molecule has 4 heteroatoms. The van der Waals surface area contributed by atoms with Crippen molar-refractivity contribution in [3.63, 3.8) is 0 Å². The van der Waals surface area contributed by atoms with Gasteiger partial charge in [0.05, 0.1) is 6.04 Å². The summed E-state index contributed by atoms with van der Waals surface area (Å²) in [5.41, 5.74) is 7.36. The van der Waals surface area contributed by atoms with Crippen LogP contribution in [0.3, 0.4) is 0 Å². The molecule has 1 atom stereocenters. The Bertz CT molecular complexity index is 1970. The Morgan fingerprint density at radius 2 is 1.29 bits per heavy atom. The van der Waals surface area contributed by atoms with E-state index in [0.717, 1.165) is 42.1 Å². The Morgan fingerprint density at radius 3 is 1.91 bits per heavy atom. The summed E-state index contributed by atoms with van der Waals surface area (Å²) in [7, 11) is 1.82. The van der Waals surface area contributed by atoms with Gasteiger partial charge in [0.1, 0.15) is 11.7 Å². The number of thiophene rings is 1. The topological polar surface area (TPSA) is 36.8 Å². The van der Waals surface area contributed by atoms with Crippen molar-refractivity contribution in [3.8, 4) is 11.1 Å². The highest BCUT2D eigenvalue weighted by Gasteiger charge is 2.16. The van der Waals surface area contributed by atoms with Crippen LogP contribution in [-0.4, -0.2) is 24.8 Å². The van der Waals surface area contributed by atoms with Crippen molar-refractivity contribution in [1.82, 2.24) is 5.32 Å². The van der Waals surface area contributed by atoms with Crippen molar-refractivity contribution in [2.75, 3.05) is 7.05 Å². The molecule has 1 N–H and O–H groups in total. The van der Waals surface area contributed by atoms with Crippen molar-refractivity contribution < 1.29 is 0 Å². The van der Waals surface area contributed by atoms with Gasteiger partial charge in [-0.3, -0.25) is 9.98 Å². The molecule has 45 heavy (non-hydrogen) atoms. The van der Waals surface area contributed by atoms with E-state index >= 15 is 0 Å². The lowest BCUT2D eigenvalue weighted by Crippen LogP contribution is -2.33. The van der Waals surface area contributed by atoms with Crippen LogP contribution in [0.2, 0.25) is 0 Å². The van der Waals surface area contributed by atoms with E-state index in [9.17, 15) is 0 Å². The number of amidine groups is 2. The molecule has 224 valence electrons. The maximum Gasteiger partial charge on any atom is 0.134 e. The van der Waals surface area contributed by atoms with Crippen LogP contribution in [0.15, 0.2) is 143 Å². The lowest BCUT2D eigenvalue weighted by Gasteiger charge is -2.17. The second-order valence-electron chi connectivity index (χ2n) is 11.1. The first-order valence-corrected chi connectivity index (χ1v) is 16.6. The van der Waals surface area contributed by atoms with E-state index in [4.69, 9.17) is 4.99 Å². The first-order chi connectivity index (χ1) is 22.2. The zero-order chi connectivity index (χ0) is 31.0. The maximum absolute atomic E-state index is 5.30. The summed E-state index contributed by atoms with van der Waals surface area (Å²) in [5, 5.41) is 6.23. The third-order valence-corrected chi connectivity index (χ3v) is 9.60. The molecular formula is C41H39N3S. The van der Waals surface area contributed by atoms with Crippen LogP contribution >= 0.6 is 11.3 Å². The molecule has 3 nitrogen and oxygen atoms in total. The van der Waals surface area contributed by atoms with Crippen molar-refractivity contribution in [2.45, 2.75) is 39.2 Å². The predicted molar refractivity (Wildman–Crippen MR) is 197 cm³/mol. The van der Waals surface area contributed by atoms with E-state index in [1.165, 1.54) is 42.4 Å². The van der Waals surface area contributed by atoms with Gasteiger partial charge in [-0.05, 0) is 41.5 Å². The SMILES string of the molecule is CC/C(=C\CC(CC)N=C(NC(=NC)c1ccccc1)c1ccccc1)c1cccc2c1sc1c(-c3ccccc3)cccc12. The highest BCUT2D eigenvalue weighted by Crippen LogP contribution is 2.43. The average Bonchev–Trinajstić information content (AvgIpc) is 3.50. The minimum Gasteiger partial charge on any atom is -0.325 e. The first kappa shape index (κ1) is 30.2. The van der Waals surface area contributed by atoms with Gasteiger partial charge in [-0.15, -0.1) is 11.3 Å². The molecule has 0 fully saturated rings. The standard InChI is InChI=1S/C41H39N3S/c1-4-29(34-23-15-25-36-37-26-16-24-35(39(37)45-38(34)36)30-17-9-6-10-18-30)27-28-33(5-2)43-41(32-21-13-8-14-22-32)44-40(42-3)31-19-11-7-12-20-31/h6-27,33H,4-5,28H2,1-3H3,(H,42,43,44)/b29-27+. The molecule has 0 spiro atoms. The largest absolute Gasteiger partial charge is 0.325 e. The maximum atomic E-state index is 5.30.